The van der Waals surface area contributed by atoms with Crippen LogP contribution in [0.15, 0.2) is 24.4 Å². The molecule has 0 bridgehead atoms. The van der Waals surface area contributed by atoms with Crippen LogP contribution in [-0.2, 0) is 0 Å². The predicted molar refractivity (Wildman–Crippen MR) is 68.6 cm³/mol. The van der Waals surface area contributed by atoms with Crippen LogP contribution in [0.5, 0.6) is 0 Å². The highest BCUT2D eigenvalue weighted by molar-refractivity contribution is 7.18. The van der Waals surface area contributed by atoms with Gasteiger partial charge in [-0.15, -0.1) is 0 Å². The number of aryl methyl sites for hydroxylation is 1. The highest BCUT2D eigenvalue weighted by atomic mass is 32.1. The largest absolute Gasteiger partial charge is 0.344 e. The SMILES string of the molecule is Cc1ccc2nc(-c3ncc([N+](=O)[O-])s3)[nH]c2c1. The molecule has 0 aliphatic carbocycles. The number of nitrogens with one attached hydrogen (secondary N) is 1. The summed E-state index contributed by atoms with van der Waals surface area (Å²) < 4.78 is 0. The molecule has 2 heterocycles. The molecule has 2 aromatic heterocycles. The van der Waals surface area contributed by atoms with Crippen molar-refractivity contribution in [3.05, 3.63) is 40.1 Å². The van der Waals surface area contributed by atoms with Gasteiger partial charge in [-0.05, 0) is 36.0 Å². The van der Waals surface area contributed by atoms with E-state index in [1.165, 1.54) is 6.20 Å². The highest BCUT2D eigenvalue weighted by Crippen LogP contribution is 2.29. The maximum atomic E-state index is 10.6. The summed E-state index contributed by atoms with van der Waals surface area (Å²) in [7, 11) is 0. The summed E-state index contributed by atoms with van der Waals surface area (Å²) in [5.74, 6) is 0.564. The third-order valence-corrected chi connectivity index (χ3v) is 3.47. The first-order valence-electron chi connectivity index (χ1n) is 5.20. The fraction of sp³-hybridized carbons (Fsp3) is 0.0909. The van der Waals surface area contributed by atoms with Gasteiger partial charge in [-0.1, -0.05) is 6.07 Å². The molecule has 0 saturated heterocycles. The number of aromatic nitrogens is 3. The van der Waals surface area contributed by atoms with E-state index in [2.05, 4.69) is 15.0 Å². The standard InChI is InChI=1S/C11H8N4O2S/c1-6-2-3-7-8(4-6)14-10(13-7)11-12-5-9(18-11)15(16)17/h2-5H,1H3,(H,13,14). The van der Waals surface area contributed by atoms with Gasteiger partial charge in [0.05, 0.1) is 16.0 Å². The molecule has 0 spiro atoms. The molecule has 0 saturated carbocycles. The number of rotatable bonds is 2. The van der Waals surface area contributed by atoms with Crippen molar-refractivity contribution in [3.63, 3.8) is 0 Å². The molecule has 18 heavy (non-hydrogen) atoms. The average molecular weight is 260 g/mol. The molecule has 1 N–H and O–H groups in total. The quantitative estimate of drug-likeness (QED) is 0.567. The van der Waals surface area contributed by atoms with Crippen LogP contribution in [0, 0.1) is 17.0 Å². The summed E-state index contributed by atoms with van der Waals surface area (Å²) >= 11 is 1.01. The van der Waals surface area contributed by atoms with Crippen molar-refractivity contribution in [3.8, 4) is 10.8 Å². The summed E-state index contributed by atoms with van der Waals surface area (Å²) in [4.78, 5) is 21.7. The summed E-state index contributed by atoms with van der Waals surface area (Å²) in [6.45, 7) is 1.99. The van der Waals surface area contributed by atoms with Gasteiger partial charge in [0, 0.05) is 0 Å². The minimum atomic E-state index is -0.450. The minimum Gasteiger partial charge on any atom is -0.336 e. The molecule has 0 fully saturated rings. The monoisotopic (exact) mass is 260 g/mol. The number of hydrogen-bond donors (Lipinski definition) is 1. The van der Waals surface area contributed by atoms with Crippen LogP contribution < -0.4 is 0 Å². The van der Waals surface area contributed by atoms with E-state index in [0.29, 0.717) is 10.8 Å². The lowest BCUT2D eigenvalue weighted by atomic mass is 10.2. The average Bonchev–Trinajstić information content (AvgIpc) is 2.93. The van der Waals surface area contributed by atoms with Crippen molar-refractivity contribution >= 4 is 27.4 Å². The molecule has 0 atom stereocenters. The van der Waals surface area contributed by atoms with E-state index in [1.807, 2.05) is 25.1 Å². The topological polar surface area (TPSA) is 84.7 Å². The van der Waals surface area contributed by atoms with Gasteiger partial charge in [-0.2, -0.15) is 0 Å². The van der Waals surface area contributed by atoms with Crippen molar-refractivity contribution in [2.45, 2.75) is 6.92 Å². The van der Waals surface area contributed by atoms with Crippen LogP contribution in [0.25, 0.3) is 21.9 Å². The minimum absolute atomic E-state index is 0.0154. The number of aromatic amines is 1. The molecular weight excluding hydrogens is 252 g/mol. The maximum absolute atomic E-state index is 10.6. The molecule has 0 aliphatic heterocycles. The molecule has 7 heteroatoms. The lowest BCUT2D eigenvalue weighted by Gasteiger charge is -1.89. The Kier molecular flexibility index (Phi) is 2.34. The number of nitro groups is 1. The molecule has 6 nitrogen and oxygen atoms in total. The normalized spacial score (nSPS) is 10.9. The number of imidazole rings is 1. The first-order valence-corrected chi connectivity index (χ1v) is 6.02. The molecule has 3 aromatic rings. The molecule has 0 aliphatic rings. The van der Waals surface area contributed by atoms with E-state index < -0.39 is 4.92 Å². The zero-order chi connectivity index (χ0) is 12.7. The lowest BCUT2D eigenvalue weighted by Crippen LogP contribution is -1.80. The van der Waals surface area contributed by atoms with Gasteiger partial charge in [0.2, 0.25) is 0 Å². The van der Waals surface area contributed by atoms with Crippen LogP contribution in [0.2, 0.25) is 0 Å². The zero-order valence-corrected chi connectivity index (χ0v) is 10.2. The second-order valence-electron chi connectivity index (χ2n) is 3.87. The van der Waals surface area contributed by atoms with E-state index in [0.717, 1.165) is 27.9 Å². The predicted octanol–water partition coefficient (Wildman–Crippen LogP) is 2.90. The number of hydrogen-bond acceptors (Lipinski definition) is 5. The van der Waals surface area contributed by atoms with Gasteiger partial charge in [-0.25, -0.2) is 9.97 Å². The second kappa shape index (κ2) is 3.88. The van der Waals surface area contributed by atoms with Crippen LogP contribution in [0.3, 0.4) is 0 Å². The second-order valence-corrected chi connectivity index (χ2v) is 4.88. The van der Waals surface area contributed by atoms with E-state index in [4.69, 9.17) is 0 Å². The van der Waals surface area contributed by atoms with Crippen LogP contribution in [0.4, 0.5) is 5.00 Å². The third-order valence-electron chi connectivity index (χ3n) is 2.51. The summed E-state index contributed by atoms with van der Waals surface area (Å²) in [5, 5.41) is 11.1. The van der Waals surface area contributed by atoms with Gasteiger partial charge >= 0.3 is 5.00 Å². The Morgan fingerprint density at radius 1 is 1.44 bits per heavy atom. The zero-order valence-electron chi connectivity index (χ0n) is 9.38. The Hall–Kier alpha value is -2.28. The van der Waals surface area contributed by atoms with Gasteiger partial charge in [0.15, 0.2) is 10.8 Å². The molecule has 0 amide bonds. The number of nitrogens with zero attached hydrogens (tertiary/aromatic N) is 3. The Morgan fingerprint density at radius 2 is 2.28 bits per heavy atom. The van der Waals surface area contributed by atoms with E-state index in [1.54, 1.807) is 0 Å². The molecule has 0 radical (unpaired) electrons. The van der Waals surface area contributed by atoms with E-state index in [9.17, 15) is 10.1 Å². The van der Waals surface area contributed by atoms with Crippen molar-refractivity contribution in [1.29, 1.82) is 0 Å². The Morgan fingerprint density at radius 3 is 3.00 bits per heavy atom. The lowest BCUT2D eigenvalue weighted by molar-refractivity contribution is -0.380. The van der Waals surface area contributed by atoms with Crippen molar-refractivity contribution in [2.75, 3.05) is 0 Å². The summed E-state index contributed by atoms with van der Waals surface area (Å²) in [6, 6.07) is 5.86. The Balaban J connectivity index is 2.10. The fourth-order valence-corrected chi connectivity index (χ4v) is 2.36. The number of H-pyrrole nitrogens is 1. The first-order chi connectivity index (χ1) is 8.63. The molecule has 90 valence electrons. The highest BCUT2D eigenvalue weighted by Gasteiger charge is 2.15. The number of thiazole rings is 1. The Bertz CT molecular complexity index is 746. The van der Waals surface area contributed by atoms with Crippen LogP contribution in [-0.4, -0.2) is 19.9 Å². The van der Waals surface area contributed by atoms with Crippen molar-refractivity contribution in [2.24, 2.45) is 0 Å². The molecule has 3 rings (SSSR count). The Labute approximate surface area is 105 Å². The summed E-state index contributed by atoms with van der Waals surface area (Å²) in [6.07, 6.45) is 1.25. The maximum Gasteiger partial charge on any atom is 0.344 e. The van der Waals surface area contributed by atoms with Gasteiger partial charge in [0.1, 0.15) is 6.20 Å². The van der Waals surface area contributed by atoms with Gasteiger partial charge < -0.3 is 4.98 Å². The number of fused-ring (bicyclic) bond motifs is 1. The third kappa shape index (κ3) is 1.74. The van der Waals surface area contributed by atoms with Crippen molar-refractivity contribution < 1.29 is 4.92 Å². The fourth-order valence-electron chi connectivity index (χ4n) is 1.68. The van der Waals surface area contributed by atoms with E-state index in [-0.39, 0.29) is 5.00 Å². The first kappa shape index (κ1) is 10.8. The van der Waals surface area contributed by atoms with E-state index >= 15 is 0 Å². The molecular formula is C11H8N4O2S. The smallest absolute Gasteiger partial charge is 0.336 e. The van der Waals surface area contributed by atoms with Crippen LogP contribution >= 0.6 is 11.3 Å². The molecule has 0 unspecified atom stereocenters. The van der Waals surface area contributed by atoms with Crippen molar-refractivity contribution in [1.82, 2.24) is 15.0 Å². The number of benzene rings is 1. The van der Waals surface area contributed by atoms with Crippen LogP contribution in [0.1, 0.15) is 5.56 Å². The van der Waals surface area contributed by atoms with Gasteiger partial charge in [0.25, 0.3) is 0 Å². The van der Waals surface area contributed by atoms with Gasteiger partial charge in [-0.3, -0.25) is 10.1 Å². The molecule has 1 aromatic carbocycles. The summed E-state index contributed by atoms with van der Waals surface area (Å²) in [5.41, 5.74) is 2.86.